The van der Waals surface area contributed by atoms with Crippen LogP contribution in [0.15, 0.2) is 47.4 Å². The lowest BCUT2D eigenvalue weighted by molar-refractivity contribution is -0.120. The lowest BCUT2D eigenvalue weighted by Gasteiger charge is -2.31. The van der Waals surface area contributed by atoms with Crippen LogP contribution in [-0.4, -0.2) is 31.7 Å². The number of piperidine rings is 1. The number of rotatable bonds is 4. The van der Waals surface area contributed by atoms with Crippen molar-refractivity contribution in [2.75, 3.05) is 18.4 Å². The normalized spacial score (nSPS) is 18.3. The molecule has 2 aromatic rings. The Hall–Kier alpha value is -2.32. The molecule has 2 aromatic carbocycles. The van der Waals surface area contributed by atoms with Crippen LogP contribution >= 0.6 is 0 Å². The van der Waals surface area contributed by atoms with Crippen molar-refractivity contribution in [2.45, 2.75) is 24.7 Å². The van der Waals surface area contributed by atoms with Crippen molar-refractivity contribution in [3.05, 3.63) is 59.7 Å². The molecule has 1 aliphatic heterocycles. The van der Waals surface area contributed by atoms with Crippen LogP contribution in [0.4, 0.5) is 14.5 Å². The van der Waals surface area contributed by atoms with E-state index in [1.807, 2.05) is 6.92 Å². The summed E-state index contributed by atoms with van der Waals surface area (Å²) >= 11 is 0. The summed E-state index contributed by atoms with van der Waals surface area (Å²) in [6.45, 7) is 2.21. The molecular formula is C19H20F2N2O3S. The van der Waals surface area contributed by atoms with E-state index in [0.717, 1.165) is 17.7 Å². The number of nitrogens with zero attached hydrogens (tertiary/aromatic N) is 1. The first kappa shape index (κ1) is 19.4. The third-order valence-corrected chi connectivity index (χ3v) is 6.48. The molecule has 0 radical (unpaired) electrons. The lowest BCUT2D eigenvalue weighted by Crippen LogP contribution is -2.43. The average Bonchev–Trinajstić information content (AvgIpc) is 2.64. The van der Waals surface area contributed by atoms with E-state index in [4.69, 9.17) is 0 Å². The third kappa shape index (κ3) is 4.33. The number of amides is 1. The van der Waals surface area contributed by atoms with Gasteiger partial charge in [0.1, 0.15) is 11.6 Å². The Labute approximate surface area is 157 Å². The predicted molar refractivity (Wildman–Crippen MR) is 97.6 cm³/mol. The standard InChI is InChI=1S/C19H20F2N2O3S/c1-13-4-7-16(8-5-13)27(25,26)23-10-2-3-14(12-23)19(24)22-18-9-6-15(20)11-17(18)21/h4-9,11,14H,2-3,10,12H2,1H3,(H,22,24). The number of aryl methyl sites for hydroxylation is 1. The quantitative estimate of drug-likeness (QED) is 0.865. The van der Waals surface area contributed by atoms with Crippen molar-refractivity contribution in [2.24, 2.45) is 5.92 Å². The molecule has 144 valence electrons. The number of nitrogens with one attached hydrogen (secondary N) is 1. The number of halogens is 2. The molecule has 8 heteroatoms. The molecule has 1 unspecified atom stereocenters. The monoisotopic (exact) mass is 394 g/mol. The van der Waals surface area contributed by atoms with Gasteiger partial charge in [-0.1, -0.05) is 17.7 Å². The van der Waals surface area contributed by atoms with Gasteiger partial charge in [-0.25, -0.2) is 17.2 Å². The van der Waals surface area contributed by atoms with Crippen molar-refractivity contribution < 1.29 is 22.0 Å². The van der Waals surface area contributed by atoms with E-state index in [1.54, 1.807) is 24.3 Å². The minimum atomic E-state index is -3.70. The molecular weight excluding hydrogens is 374 g/mol. The maximum absolute atomic E-state index is 13.7. The molecule has 1 heterocycles. The van der Waals surface area contributed by atoms with Crippen LogP contribution in [0.1, 0.15) is 18.4 Å². The zero-order chi connectivity index (χ0) is 19.6. The van der Waals surface area contributed by atoms with Crippen LogP contribution in [0.5, 0.6) is 0 Å². The number of sulfonamides is 1. The number of carbonyl (C=O) groups excluding carboxylic acids is 1. The highest BCUT2D eigenvalue weighted by molar-refractivity contribution is 7.89. The second-order valence-corrected chi connectivity index (χ2v) is 8.57. The molecule has 0 aromatic heterocycles. The summed E-state index contributed by atoms with van der Waals surface area (Å²) in [4.78, 5) is 12.6. The molecule has 1 saturated heterocycles. The summed E-state index contributed by atoms with van der Waals surface area (Å²) in [6.07, 6.45) is 1.02. The van der Waals surface area contributed by atoms with Gasteiger partial charge in [-0.15, -0.1) is 0 Å². The van der Waals surface area contributed by atoms with E-state index in [1.165, 1.54) is 4.31 Å². The predicted octanol–water partition coefficient (Wildman–Crippen LogP) is 3.31. The van der Waals surface area contributed by atoms with Gasteiger partial charge in [0, 0.05) is 19.2 Å². The molecule has 1 aliphatic rings. The van der Waals surface area contributed by atoms with Crippen molar-refractivity contribution in [1.82, 2.24) is 4.31 Å². The third-order valence-electron chi connectivity index (χ3n) is 4.60. The second-order valence-electron chi connectivity index (χ2n) is 6.63. The van der Waals surface area contributed by atoms with Crippen LogP contribution in [0, 0.1) is 24.5 Å². The summed E-state index contributed by atoms with van der Waals surface area (Å²) in [5.74, 6) is -2.70. The Morgan fingerprint density at radius 2 is 1.85 bits per heavy atom. The Morgan fingerprint density at radius 1 is 1.15 bits per heavy atom. The van der Waals surface area contributed by atoms with E-state index in [0.29, 0.717) is 25.5 Å². The molecule has 1 atom stereocenters. The van der Waals surface area contributed by atoms with Gasteiger partial charge in [0.15, 0.2) is 0 Å². The molecule has 3 rings (SSSR count). The van der Waals surface area contributed by atoms with E-state index >= 15 is 0 Å². The van der Waals surface area contributed by atoms with E-state index in [2.05, 4.69) is 5.32 Å². The summed E-state index contributed by atoms with van der Waals surface area (Å²) in [5.41, 5.74) is 0.825. The Balaban J connectivity index is 1.73. The minimum Gasteiger partial charge on any atom is -0.323 e. The topological polar surface area (TPSA) is 66.5 Å². The van der Waals surface area contributed by atoms with Gasteiger partial charge in [-0.05, 0) is 44.0 Å². The molecule has 0 bridgehead atoms. The fourth-order valence-electron chi connectivity index (χ4n) is 3.06. The minimum absolute atomic E-state index is 0.0187. The fraction of sp³-hybridized carbons (Fsp3) is 0.316. The smallest absolute Gasteiger partial charge is 0.243 e. The second kappa shape index (κ2) is 7.74. The highest BCUT2D eigenvalue weighted by Crippen LogP contribution is 2.25. The van der Waals surface area contributed by atoms with E-state index in [9.17, 15) is 22.0 Å². The van der Waals surface area contributed by atoms with Crippen molar-refractivity contribution >= 4 is 21.6 Å². The number of anilines is 1. The lowest BCUT2D eigenvalue weighted by atomic mass is 9.98. The number of hydrogen-bond donors (Lipinski definition) is 1. The molecule has 0 spiro atoms. The summed E-state index contributed by atoms with van der Waals surface area (Å²) in [6, 6.07) is 9.41. The number of benzene rings is 2. The first-order chi connectivity index (χ1) is 12.8. The number of hydrogen-bond acceptors (Lipinski definition) is 3. The molecule has 1 amide bonds. The van der Waals surface area contributed by atoms with Crippen LogP contribution in [0.25, 0.3) is 0 Å². The van der Waals surface area contributed by atoms with Crippen molar-refractivity contribution in [1.29, 1.82) is 0 Å². The average molecular weight is 394 g/mol. The van der Waals surface area contributed by atoms with E-state index < -0.39 is 33.5 Å². The highest BCUT2D eigenvalue weighted by atomic mass is 32.2. The maximum atomic E-state index is 13.7. The van der Waals surface area contributed by atoms with E-state index in [-0.39, 0.29) is 17.1 Å². The van der Waals surface area contributed by atoms with Gasteiger partial charge >= 0.3 is 0 Å². The Kier molecular flexibility index (Phi) is 5.57. The summed E-state index contributed by atoms with van der Waals surface area (Å²) in [5, 5.41) is 2.42. The first-order valence-electron chi connectivity index (χ1n) is 8.60. The molecule has 27 heavy (non-hydrogen) atoms. The van der Waals surface area contributed by atoms with Crippen LogP contribution in [-0.2, 0) is 14.8 Å². The van der Waals surface area contributed by atoms with Gasteiger partial charge in [0.2, 0.25) is 15.9 Å². The molecule has 0 saturated carbocycles. The maximum Gasteiger partial charge on any atom is 0.243 e. The Morgan fingerprint density at radius 3 is 2.52 bits per heavy atom. The van der Waals surface area contributed by atoms with Crippen molar-refractivity contribution in [3.8, 4) is 0 Å². The fourth-order valence-corrected chi connectivity index (χ4v) is 4.58. The first-order valence-corrected chi connectivity index (χ1v) is 10.0. The SMILES string of the molecule is Cc1ccc(S(=O)(=O)N2CCCC(C(=O)Nc3ccc(F)cc3F)C2)cc1. The summed E-state index contributed by atoms with van der Waals surface area (Å²) in [7, 11) is -3.70. The largest absolute Gasteiger partial charge is 0.323 e. The molecule has 1 N–H and O–H groups in total. The highest BCUT2D eigenvalue weighted by Gasteiger charge is 2.33. The van der Waals surface area contributed by atoms with Crippen molar-refractivity contribution in [3.63, 3.8) is 0 Å². The van der Waals surface area contributed by atoms with Gasteiger partial charge in [-0.2, -0.15) is 4.31 Å². The number of carbonyl (C=O) groups is 1. The van der Waals surface area contributed by atoms with Gasteiger partial charge in [-0.3, -0.25) is 4.79 Å². The zero-order valence-corrected chi connectivity index (χ0v) is 15.6. The molecule has 0 aliphatic carbocycles. The molecule has 1 fully saturated rings. The van der Waals surface area contributed by atoms with Crippen LogP contribution < -0.4 is 5.32 Å². The molecule has 5 nitrogen and oxygen atoms in total. The van der Waals surface area contributed by atoms with Gasteiger partial charge < -0.3 is 5.32 Å². The zero-order valence-electron chi connectivity index (χ0n) is 14.8. The van der Waals surface area contributed by atoms with Gasteiger partial charge in [0.05, 0.1) is 16.5 Å². The van der Waals surface area contributed by atoms with Crippen LogP contribution in [0.3, 0.4) is 0 Å². The van der Waals surface area contributed by atoms with Crippen LogP contribution in [0.2, 0.25) is 0 Å². The Bertz CT molecular complexity index is 946. The van der Waals surface area contributed by atoms with Gasteiger partial charge in [0.25, 0.3) is 0 Å². The summed E-state index contributed by atoms with van der Waals surface area (Å²) < 4.78 is 53.6.